The molecule has 7 heteroatoms. The summed E-state index contributed by atoms with van der Waals surface area (Å²) >= 11 is 0. The van der Waals surface area contributed by atoms with Gasteiger partial charge in [0.15, 0.2) is 0 Å². The zero-order chi connectivity index (χ0) is 24.9. The van der Waals surface area contributed by atoms with Crippen LogP contribution in [0.3, 0.4) is 0 Å². The summed E-state index contributed by atoms with van der Waals surface area (Å²) in [5.74, 6) is -0.0608. The summed E-state index contributed by atoms with van der Waals surface area (Å²) in [6.07, 6.45) is 1.41. The second-order valence-electron chi connectivity index (χ2n) is 8.39. The summed E-state index contributed by atoms with van der Waals surface area (Å²) in [5.41, 5.74) is 2.22. The number of carbonyl (C=O) groups excluding carboxylic acids is 1. The number of amides is 2. The Morgan fingerprint density at radius 1 is 1.03 bits per heavy atom. The lowest BCUT2D eigenvalue weighted by molar-refractivity contribution is 0.189. The van der Waals surface area contributed by atoms with Crippen molar-refractivity contribution in [2.45, 2.75) is 39.7 Å². The van der Waals surface area contributed by atoms with E-state index in [1.54, 1.807) is 33.7 Å². The Balaban J connectivity index is 1.87. The number of para-hydroxylation sites is 3. The van der Waals surface area contributed by atoms with Gasteiger partial charge in [-0.2, -0.15) is 0 Å². The Morgan fingerprint density at radius 2 is 1.71 bits per heavy atom. The molecule has 180 valence electrons. The number of anilines is 1. The third-order valence-electron chi connectivity index (χ3n) is 6.10. The molecule has 0 saturated heterocycles. The Labute approximate surface area is 204 Å². The van der Waals surface area contributed by atoms with Gasteiger partial charge in [0.25, 0.3) is 5.56 Å². The molecule has 6 nitrogen and oxygen atoms in total. The molecule has 0 aliphatic carbocycles. The third kappa shape index (κ3) is 4.80. The molecule has 35 heavy (non-hydrogen) atoms. The third-order valence-corrected chi connectivity index (χ3v) is 6.10. The van der Waals surface area contributed by atoms with Crippen LogP contribution in [0.4, 0.5) is 14.9 Å². The number of nitrogens with zero attached hydrogens (tertiary/aromatic N) is 3. The summed E-state index contributed by atoms with van der Waals surface area (Å²) in [6.45, 7) is 6.24. The van der Waals surface area contributed by atoms with Crippen molar-refractivity contribution in [1.29, 1.82) is 0 Å². The fourth-order valence-electron chi connectivity index (χ4n) is 4.29. The molecule has 0 fully saturated rings. The van der Waals surface area contributed by atoms with Gasteiger partial charge < -0.3 is 10.2 Å². The van der Waals surface area contributed by atoms with Crippen molar-refractivity contribution in [2.75, 3.05) is 11.9 Å². The van der Waals surface area contributed by atoms with E-state index in [4.69, 9.17) is 4.98 Å². The van der Waals surface area contributed by atoms with Crippen LogP contribution < -0.4 is 10.9 Å². The molecular formula is C28H29FN4O2. The van der Waals surface area contributed by atoms with Crippen LogP contribution in [0.5, 0.6) is 0 Å². The predicted octanol–water partition coefficient (Wildman–Crippen LogP) is 6.09. The highest BCUT2D eigenvalue weighted by Crippen LogP contribution is 2.26. The Bertz CT molecular complexity index is 1420. The van der Waals surface area contributed by atoms with E-state index in [1.807, 2.05) is 57.2 Å². The van der Waals surface area contributed by atoms with E-state index in [9.17, 15) is 14.0 Å². The first kappa shape index (κ1) is 24.1. The summed E-state index contributed by atoms with van der Waals surface area (Å²) in [4.78, 5) is 33.5. The van der Waals surface area contributed by atoms with Crippen LogP contribution >= 0.6 is 0 Å². The van der Waals surface area contributed by atoms with Crippen molar-refractivity contribution in [3.8, 4) is 5.69 Å². The van der Waals surface area contributed by atoms with Gasteiger partial charge in [-0.15, -0.1) is 0 Å². The molecule has 0 aliphatic heterocycles. The van der Waals surface area contributed by atoms with Crippen LogP contribution in [-0.4, -0.2) is 27.0 Å². The number of aryl methyl sites for hydroxylation is 1. The highest BCUT2D eigenvalue weighted by Gasteiger charge is 2.27. The average Bonchev–Trinajstić information content (AvgIpc) is 2.88. The van der Waals surface area contributed by atoms with Crippen LogP contribution in [0.1, 0.15) is 44.6 Å². The van der Waals surface area contributed by atoms with Crippen molar-refractivity contribution in [3.63, 3.8) is 0 Å². The second-order valence-corrected chi connectivity index (χ2v) is 8.39. The van der Waals surface area contributed by atoms with E-state index in [0.717, 1.165) is 17.7 Å². The van der Waals surface area contributed by atoms with Crippen molar-refractivity contribution < 1.29 is 9.18 Å². The van der Waals surface area contributed by atoms with Gasteiger partial charge in [-0.25, -0.2) is 14.2 Å². The van der Waals surface area contributed by atoms with Gasteiger partial charge >= 0.3 is 6.03 Å². The minimum Gasteiger partial charge on any atom is -0.315 e. The number of urea groups is 1. The predicted molar refractivity (Wildman–Crippen MR) is 138 cm³/mol. The lowest BCUT2D eigenvalue weighted by Gasteiger charge is -2.30. The first-order valence-electron chi connectivity index (χ1n) is 11.9. The van der Waals surface area contributed by atoms with Crippen molar-refractivity contribution in [2.24, 2.45) is 0 Å². The number of hydrogen-bond acceptors (Lipinski definition) is 3. The lowest BCUT2D eigenvalue weighted by atomic mass is 10.1. The minimum atomic E-state index is -0.566. The average molecular weight is 473 g/mol. The van der Waals surface area contributed by atoms with Crippen molar-refractivity contribution in [1.82, 2.24) is 14.5 Å². The molecule has 4 rings (SSSR count). The molecule has 3 aromatic carbocycles. The van der Waals surface area contributed by atoms with Gasteiger partial charge in [-0.3, -0.25) is 9.36 Å². The topological polar surface area (TPSA) is 67.2 Å². The van der Waals surface area contributed by atoms with Crippen LogP contribution in [0, 0.1) is 5.82 Å². The van der Waals surface area contributed by atoms with Crippen LogP contribution in [0.15, 0.2) is 77.6 Å². The fourth-order valence-corrected chi connectivity index (χ4v) is 4.29. The Hall–Kier alpha value is -4.00. The first-order chi connectivity index (χ1) is 17.0. The number of fused-ring (bicyclic) bond motifs is 1. The zero-order valence-electron chi connectivity index (χ0n) is 20.2. The van der Waals surface area contributed by atoms with Gasteiger partial charge in [-0.05, 0) is 55.7 Å². The number of benzene rings is 3. The van der Waals surface area contributed by atoms with Crippen molar-refractivity contribution >= 4 is 22.6 Å². The van der Waals surface area contributed by atoms with Crippen LogP contribution in [-0.2, 0) is 6.42 Å². The second kappa shape index (κ2) is 10.5. The molecule has 2 amide bonds. The van der Waals surface area contributed by atoms with E-state index in [0.29, 0.717) is 29.7 Å². The monoisotopic (exact) mass is 472 g/mol. The quantitative estimate of drug-likeness (QED) is 0.354. The molecule has 0 bridgehead atoms. The summed E-state index contributed by atoms with van der Waals surface area (Å²) in [7, 11) is 0. The molecule has 0 saturated carbocycles. The van der Waals surface area contributed by atoms with Gasteiger partial charge in [0, 0.05) is 6.54 Å². The molecule has 1 unspecified atom stereocenters. The molecule has 0 spiro atoms. The van der Waals surface area contributed by atoms with E-state index >= 15 is 0 Å². The SMILES string of the molecule is CCCN(C(=O)Nc1ccccc1F)C(C)c1nc2ccccc2c(=O)n1-c1ccccc1CC. The highest BCUT2D eigenvalue weighted by molar-refractivity contribution is 5.89. The smallest absolute Gasteiger partial charge is 0.315 e. The van der Waals surface area contributed by atoms with Crippen molar-refractivity contribution in [3.05, 3.63) is 100 Å². The number of halogens is 1. The number of aromatic nitrogens is 2. The molecule has 4 aromatic rings. The summed E-state index contributed by atoms with van der Waals surface area (Å²) in [5, 5.41) is 3.18. The zero-order valence-corrected chi connectivity index (χ0v) is 20.2. The Kier molecular flexibility index (Phi) is 7.25. The molecular weight excluding hydrogens is 443 g/mol. The minimum absolute atomic E-state index is 0.103. The Morgan fingerprint density at radius 3 is 2.46 bits per heavy atom. The van der Waals surface area contributed by atoms with Crippen LogP contribution in [0.25, 0.3) is 16.6 Å². The summed E-state index contributed by atoms with van der Waals surface area (Å²) in [6, 6.07) is 20.0. The first-order valence-corrected chi connectivity index (χ1v) is 11.9. The van der Waals surface area contributed by atoms with Gasteiger partial charge in [0.1, 0.15) is 11.6 Å². The number of nitrogens with one attached hydrogen (secondary N) is 1. The number of hydrogen-bond donors (Lipinski definition) is 1. The fraction of sp³-hybridized carbons (Fsp3) is 0.250. The maximum absolute atomic E-state index is 14.2. The molecule has 1 atom stereocenters. The molecule has 0 aliphatic rings. The molecule has 1 aromatic heterocycles. The van der Waals surface area contributed by atoms with E-state index in [2.05, 4.69) is 5.32 Å². The highest BCUT2D eigenvalue weighted by atomic mass is 19.1. The largest absolute Gasteiger partial charge is 0.322 e. The maximum atomic E-state index is 14.2. The normalized spacial score (nSPS) is 11.9. The lowest BCUT2D eigenvalue weighted by Crippen LogP contribution is -2.40. The van der Waals surface area contributed by atoms with E-state index in [-0.39, 0.29) is 11.2 Å². The van der Waals surface area contributed by atoms with Gasteiger partial charge in [0.2, 0.25) is 0 Å². The van der Waals surface area contributed by atoms with E-state index in [1.165, 1.54) is 12.1 Å². The molecule has 0 radical (unpaired) electrons. The molecule has 1 heterocycles. The van der Waals surface area contributed by atoms with E-state index < -0.39 is 17.9 Å². The van der Waals surface area contributed by atoms with Crippen LogP contribution in [0.2, 0.25) is 0 Å². The van der Waals surface area contributed by atoms with Gasteiger partial charge in [-0.1, -0.05) is 56.3 Å². The van der Waals surface area contributed by atoms with Gasteiger partial charge in [0.05, 0.1) is 28.3 Å². The number of rotatable bonds is 7. The summed E-state index contributed by atoms with van der Waals surface area (Å²) < 4.78 is 15.8. The number of carbonyl (C=O) groups is 1. The standard InChI is InChI=1S/C28H29FN4O2/c1-4-18-32(28(35)31-24-16-10-8-14-22(24)29)19(3)26-30-23-15-9-7-13-21(23)27(34)33(26)25-17-11-6-12-20(25)5-2/h6-17,19H,4-5,18H2,1-3H3,(H,31,35). The molecule has 1 N–H and O–H groups in total. The maximum Gasteiger partial charge on any atom is 0.322 e.